The first-order chi connectivity index (χ1) is 8.70. The van der Waals surface area contributed by atoms with E-state index in [4.69, 9.17) is 5.73 Å². The lowest BCUT2D eigenvalue weighted by Crippen LogP contribution is -2.13. The van der Waals surface area contributed by atoms with Crippen LogP contribution >= 0.6 is 0 Å². The summed E-state index contributed by atoms with van der Waals surface area (Å²) >= 11 is 0. The maximum absolute atomic E-state index is 9.24. The molecule has 6 heteroatoms. The largest absolute Gasteiger partial charge is 0.396 e. The van der Waals surface area contributed by atoms with Gasteiger partial charge in [0.05, 0.1) is 6.33 Å². The van der Waals surface area contributed by atoms with Gasteiger partial charge in [-0.2, -0.15) is 0 Å². The van der Waals surface area contributed by atoms with Crippen LogP contribution in [0.1, 0.15) is 6.42 Å². The van der Waals surface area contributed by atoms with Crippen molar-refractivity contribution in [1.29, 1.82) is 0 Å². The Hall–Kier alpha value is -1.95. The maximum atomic E-state index is 9.24. The van der Waals surface area contributed by atoms with Crippen molar-refractivity contribution in [3.63, 3.8) is 0 Å². The van der Waals surface area contributed by atoms with Crippen LogP contribution in [0.4, 0.5) is 5.82 Å². The number of aliphatic hydroxyl groups is 1. The molecule has 3 rings (SSSR count). The van der Waals surface area contributed by atoms with Crippen LogP contribution in [-0.2, 0) is 6.54 Å². The lowest BCUT2D eigenvalue weighted by Gasteiger charge is -2.12. The highest BCUT2D eigenvalue weighted by Crippen LogP contribution is 2.54. The second-order valence-electron chi connectivity index (χ2n) is 4.82. The van der Waals surface area contributed by atoms with Crippen LogP contribution in [0.5, 0.6) is 0 Å². The average Bonchev–Trinajstić information content (AvgIpc) is 2.94. The van der Waals surface area contributed by atoms with Crippen molar-refractivity contribution in [3.8, 4) is 0 Å². The van der Waals surface area contributed by atoms with Crippen molar-refractivity contribution in [2.24, 2.45) is 11.3 Å². The van der Waals surface area contributed by atoms with Crippen LogP contribution < -0.4 is 5.73 Å². The van der Waals surface area contributed by atoms with Crippen LogP contribution in [0.3, 0.4) is 0 Å². The third kappa shape index (κ3) is 1.49. The van der Waals surface area contributed by atoms with Gasteiger partial charge in [-0.05, 0) is 12.3 Å². The third-order valence-electron chi connectivity index (χ3n) is 3.80. The molecule has 2 aromatic heterocycles. The molecule has 1 fully saturated rings. The van der Waals surface area contributed by atoms with E-state index < -0.39 is 0 Å². The number of anilines is 1. The van der Waals surface area contributed by atoms with Crippen LogP contribution in [0.15, 0.2) is 25.3 Å². The number of hydrogen-bond donors (Lipinski definition) is 2. The molecule has 1 saturated carbocycles. The summed E-state index contributed by atoms with van der Waals surface area (Å²) in [6, 6.07) is 0. The number of imidazole rings is 1. The van der Waals surface area contributed by atoms with E-state index in [9.17, 15) is 5.11 Å². The molecule has 0 unspecified atom stereocenters. The number of aliphatic hydroxyl groups excluding tert-OH is 1. The minimum atomic E-state index is -0.0396. The first kappa shape index (κ1) is 11.2. The fourth-order valence-electron chi connectivity index (χ4n) is 2.49. The highest BCUT2D eigenvalue weighted by Gasteiger charge is 2.51. The van der Waals surface area contributed by atoms with Gasteiger partial charge >= 0.3 is 0 Å². The summed E-state index contributed by atoms with van der Waals surface area (Å²) in [7, 11) is 0. The first-order valence-electron chi connectivity index (χ1n) is 5.86. The average molecular weight is 245 g/mol. The fourth-order valence-corrected chi connectivity index (χ4v) is 2.49. The Labute approximate surface area is 104 Å². The normalized spacial score (nSPS) is 26.4. The van der Waals surface area contributed by atoms with E-state index in [1.165, 1.54) is 6.33 Å². The number of aromatic nitrogens is 4. The second-order valence-corrected chi connectivity index (χ2v) is 4.82. The van der Waals surface area contributed by atoms with E-state index >= 15 is 0 Å². The van der Waals surface area contributed by atoms with Gasteiger partial charge in [-0.3, -0.25) is 0 Å². The van der Waals surface area contributed by atoms with Crippen molar-refractivity contribution < 1.29 is 5.11 Å². The molecular formula is C12H15N5O. The van der Waals surface area contributed by atoms with Crippen LogP contribution in [0, 0.1) is 11.3 Å². The molecule has 2 heterocycles. The third-order valence-corrected chi connectivity index (χ3v) is 3.80. The predicted octanol–water partition coefficient (Wildman–Crippen LogP) is 0.593. The lowest BCUT2D eigenvalue weighted by atomic mass is 10.0. The highest BCUT2D eigenvalue weighted by molar-refractivity contribution is 5.81. The number of nitrogens with two attached hydrogens (primary N) is 1. The molecule has 3 N–H and O–H groups in total. The number of rotatable bonds is 4. The number of allylic oxidation sites excluding steroid dienone is 1. The maximum Gasteiger partial charge on any atom is 0.165 e. The van der Waals surface area contributed by atoms with Crippen molar-refractivity contribution in [2.45, 2.75) is 13.0 Å². The Morgan fingerprint density at radius 2 is 2.39 bits per heavy atom. The van der Waals surface area contributed by atoms with Gasteiger partial charge in [0.2, 0.25) is 0 Å². The molecule has 0 saturated heterocycles. The molecule has 0 radical (unpaired) electrons. The van der Waals surface area contributed by atoms with Gasteiger partial charge in [-0.25, -0.2) is 15.0 Å². The van der Waals surface area contributed by atoms with Crippen LogP contribution in [-0.4, -0.2) is 31.2 Å². The molecular weight excluding hydrogens is 230 g/mol. The standard InChI is InChI=1S/C12H15N5O/c1-2-12(3-8(12)4-18)5-17-7-16-9-10(13)14-6-15-11(9)17/h2,6-8,18H,1,3-5H2,(H2,13,14,15)/t8-,12-/m1/s1. The molecule has 6 nitrogen and oxygen atoms in total. The molecule has 0 spiro atoms. The van der Waals surface area contributed by atoms with Gasteiger partial charge in [-0.1, -0.05) is 6.08 Å². The molecule has 18 heavy (non-hydrogen) atoms. The minimum Gasteiger partial charge on any atom is -0.396 e. The van der Waals surface area contributed by atoms with Crippen molar-refractivity contribution in [3.05, 3.63) is 25.3 Å². The van der Waals surface area contributed by atoms with Crippen molar-refractivity contribution in [2.75, 3.05) is 12.3 Å². The quantitative estimate of drug-likeness (QED) is 0.769. The smallest absolute Gasteiger partial charge is 0.165 e. The van der Waals surface area contributed by atoms with Crippen molar-refractivity contribution >= 4 is 17.0 Å². The summed E-state index contributed by atoms with van der Waals surface area (Å²) in [6.45, 7) is 4.78. The molecule has 1 aliphatic carbocycles. The molecule has 0 amide bonds. The van der Waals surface area contributed by atoms with Gasteiger partial charge in [0.15, 0.2) is 11.5 Å². The molecule has 0 aromatic carbocycles. The minimum absolute atomic E-state index is 0.0396. The first-order valence-corrected chi connectivity index (χ1v) is 5.86. The van der Waals surface area contributed by atoms with Gasteiger partial charge in [0, 0.05) is 18.6 Å². The second kappa shape index (κ2) is 3.78. The van der Waals surface area contributed by atoms with Gasteiger partial charge in [-0.15, -0.1) is 6.58 Å². The van der Waals surface area contributed by atoms with E-state index in [1.807, 2.05) is 10.6 Å². The molecule has 2 atom stereocenters. The van der Waals surface area contributed by atoms with Gasteiger partial charge in [0.1, 0.15) is 11.8 Å². The number of nitrogen functional groups attached to an aromatic ring is 1. The summed E-state index contributed by atoms with van der Waals surface area (Å²) in [6.07, 6.45) is 6.03. The van der Waals surface area contributed by atoms with E-state index in [0.717, 1.165) is 12.1 Å². The zero-order valence-corrected chi connectivity index (χ0v) is 9.95. The predicted molar refractivity (Wildman–Crippen MR) is 67.6 cm³/mol. The Morgan fingerprint density at radius 1 is 1.56 bits per heavy atom. The SMILES string of the molecule is C=C[C@]1(Cn2cnc3c(N)ncnc32)C[C@@H]1CO. The zero-order valence-electron chi connectivity index (χ0n) is 9.95. The molecule has 2 aromatic rings. The van der Waals surface area contributed by atoms with Crippen molar-refractivity contribution in [1.82, 2.24) is 19.5 Å². The fraction of sp³-hybridized carbons (Fsp3) is 0.417. The lowest BCUT2D eigenvalue weighted by molar-refractivity contribution is 0.254. The summed E-state index contributed by atoms with van der Waals surface area (Å²) < 4.78 is 1.95. The van der Waals surface area contributed by atoms with Gasteiger partial charge < -0.3 is 15.4 Å². The van der Waals surface area contributed by atoms with E-state index in [1.54, 1.807) is 6.33 Å². The monoisotopic (exact) mass is 245 g/mol. The highest BCUT2D eigenvalue weighted by atomic mass is 16.3. The summed E-state index contributed by atoms with van der Waals surface area (Å²) in [5.74, 6) is 0.674. The number of hydrogen-bond acceptors (Lipinski definition) is 5. The van der Waals surface area contributed by atoms with Crippen LogP contribution in [0.2, 0.25) is 0 Å². The Bertz CT molecular complexity index is 608. The zero-order chi connectivity index (χ0) is 12.8. The Morgan fingerprint density at radius 3 is 3.06 bits per heavy atom. The summed E-state index contributed by atoms with van der Waals surface area (Å²) in [4.78, 5) is 12.4. The number of nitrogens with zero attached hydrogens (tertiary/aromatic N) is 4. The van der Waals surface area contributed by atoms with Crippen LogP contribution in [0.25, 0.3) is 11.2 Å². The number of fused-ring (bicyclic) bond motifs is 1. The molecule has 0 aliphatic heterocycles. The summed E-state index contributed by atoms with van der Waals surface area (Å²) in [5.41, 5.74) is 7.06. The van der Waals surface area contributed by atoms with E-state index in [2.05, 4.69) is 21.5 Å². The molecule has 94 valence electrons. The summed E-state index contributed by atoms with van der Waals surface area (Å²) in [5, 5.41) is 9.24. The van der Waals surface area contributed by atoms with E-state index in [0.29, 0.717) is 17.9 Å². The Kier molecular flexibility index (Phi) is 2.34. The molecule has 0 bridgehead atoms. The van der Waals surface area contributed by atoms with Gasteiger partial charge in [0.25, 0.3) is 0 Å². The van der Waals surface area contributed by atoms with E-state index in [-0.39, 0.29) is 17.9 Å². The topological polar surface area (TPSA) is 89.9 Å². The molecule has 1 aliphatic rings. The Balaban J connectivity index is 1.97.